The normalized spacial score (nSPS) is 40.2. The van der Waals surface area contributed by atoms with Crippen LogP contribution in [-0.2, 0) is 14.3 Å². The largest absolute Gasteiger partial charge is 0.450 e. The zero-order valence-corrected chi connectivity index (χ0v) is 14.9. The number of aliphatic hydroxyl groups is 1. The van der Waals surface area contributed by atoms with Crippen LogP contribution in [0.4, 0.5) is 0 Å². The summed E-state index contributed by atoms with van der Waals surface area (Å²) in [7, 11) is 0. The minimum absolute atomic E-state index is 0.00293. The molecule has 132 valence electrons. The van der Waals surface area contributed by atoms with Gasteiger partial charge in [-0.25, -0.2) is 4.79 Å². The molecule has 3 aliphatic rings. The van der Waals surface area contributed by atoms with Gasteiger partial charge in [-0.05, 0) is 76.5 Å². The second-order valence-electron chi connectivity index (χ2n) is 7.66. The molecule has 3 rings (SSSR count). The van der Waals surface area contributed by atoms with Gasteiger partial charge in [-0.15, -0.1) is 0 Å². The Morgan fingerprint density at radius 1 is 1.25 bits per heavy atom. The number of esters is 1. The number of rotatable bonds is 0. The number of hydrogen-bond donors (Lipinski definition) is 1. The highest BCUT2D eigenvalue weighted by atomic mass is 16.5. The van der Waals surface area contributed by atoms with Gasteiger partial charge in [0.15, 0.2) is 0 Å². The van der Waals surface area contributed by atoms with Gasteiger partial charge >= 0.3 is 5.97 Å². The summed E-state index contributed by atoms with van der Waals surface area (Å²) in [5.41, 5.74) is 3.48. The summed E-state index contributed by atoms with van der Waals surface area (Å²) in [5, 5.41) is 10.6. The fraction of sp³-hybridized carbons (Fsp3) is 0.650. The third kappa shape index (κ3) is 3.22. The van der Waals surface area contributed by atoms with Crippen LogP contribution in [0.15, 0.2) is 34.9 Å². The molecule has 0 spiro atoms. The molecule has 0 aliphatic carbocycles. The van der Waals surface area contributed by atoms with Crippen LogP contribution in [-0.4, -0.2) is 35.0 Å². The number of aliphatic hydroxyl groups excluding tert-OH is 1. The molecule has 4 heteroatoms. The van der Waals surface area contributed by atoms with Gasteiger partial charge in [0, 0.05) is 5.57 Å². The molecule has 4 nitrogen and oxygen atoms in total. The molecule has 3 heterocycles. The van der Waals surface area contributed by atoms with Gasteiger partial charge in [0.1, 0.15) is 6.10 Å². The third-order valence-corrected chi connectivity index (χ3v) is 5.80. The molecule has 4 atom stereocenters. The fourth-order valence-corrected chi connectivity index (χ4v) is 3.94. The van der Waals surface area contributed by atoms with Crippen LogP contribution >= 0.6 is 0 Å². The van der Waals surface area contributed by atoms with E-state index in [4.69, 9.17) is 9.47 Å². The van der Waals surface area contributed by atoms with Crippen LogP contribution in [0.3, 0.4) is 0 Å². The highest BCUT2D eigenvalue weighted by molar-refractivity contribution is 5.92. The summed E-state index contributed by atoms with van der Waals surface area (Å²) >= 11 is 0. The number of hydrogen-bond acceptors (Lipinski definition) is 4. The molecular weight excluding hydrogens is 304 g/mol. The van der Waals surface area contributed by atoms with Crippen LogP contribution in [0.5, 0.6) is 0 Å². The van der Waals surface area contributed by atoms with E-state index in [2.05, 4.69) is 6.58 Å². The number of allylic oxidation sites excluding steroid dienone is 1. The quantitative estimate of drug-likeness (QED) is 0.544. The molecule has 0 saturated carbocycles. The Morgan fingerprint density at radius 3 is 2.75 bits per heavy atom. The summed E-state index contributed by atoms with van der Waals surface area (Å²) in [5.74, 6) is -0.221. The van der Waals surface area contributed by atoms with Crippen molar-refractivity contribution in [2.75, 3.05) is 0 Å². The first-order valence-electron chi connectivity index (χ1n) is 8.91. The standard InChI is InChI=1S/C20H28O4/c1-12-5-8-18(21)20(4)10-9-16(24-20)13(2)6-7-15-14(3)19(22)23-17(15)11-12/h11,16-18,21H,2,5-10H2,1,3-4H3/b12-11+/t16-,17-,18-,20+/m0/s1. The van der Waals surface area contributed by atoms with E-state index in [1.54, 1.807) is 0 Å². The van der Waals surface area contributed by atoms with E-state index >= 15 is 0 Å². The Labute approximate surface area is 144 Å². The minimum atomic E-state index is -0.498. The lowest BCUT2D eigenvalue weighted by molar-refractivity contribution is -0.138. The maximum Gasteiger partial charge on any atom is 0.334 e. The Kier molecular flexibility index (Phi) is 4.71. The molecule has 1 N–H and O–H groups in total. The van der Waals surface area contributed by atoms with Gasteiger partial charge in [0.25, 0.3) is 0 Å². The average molecular weight is 332 g/mol. The van der Waals surface area contributed by atoms with Crippen molar-refractivity contribution in [1.82, 2.24) is 0 Å². The predicted molar refractivity (Wildman–Crippen MR) is 92.5 cm³/mol. The van der Waals surface area contributed by atoms with Crippen molar-refractivity contribution in [1.29, 1.82) is 0 Å². The third-order valence-electron chi connectivity index (χ3n) is 5.80. The summed E-state index contributed by atoms with van der Waals surface area (Å²) in [6.45, 7) is 10.1. The average Bonchev–Trinajstić information content (AvgIpc) is 3.05. The van der Waals surface area contributed by atoms with Crippen molar-refractivity contribution in [3.8, 4) is 0 Å². The molecular formula is C20H28O4. The van der Waals surface area contributed by atoms with E-state index in [0.717, 1.165) is 54.4 Å². The van der Waals surface area contributed by atoms with Crippen molar-refractivity contribution >= 4 is 5.97 Å². The molecule has 0 amide bonds. The van der Waals surface area contributed by atoms with Gasteiger partial charge in [-0.1, -0.05) is 12.2 Å². The number of carbonyl (C=O) groups is 1. The second kappa shape index (κ2) is 6.49. The van der Waals surface area contributed by atoms with Crippen molar-refractivity contribution in [2.45, 2.75) is 83.2 Å². The highest BCUT2D eigenvalue weighted by Gasteiger charge is 2.42. The van der Waals surface area contributed by atoms with Gasteiger partial charge in [-0.3, -0.25) is 0 Å². The van der Waals surface area contributed by atoms with Crippen LogP contribution in [0.2, 0.25) is 0 Å². The van der Waals surface area contributed by atoms with Crippen LogP contribution in [0, 0.1) is 0 Å². The van der Waals surface area contributed by atoms with Crippen molar-refractivity contribution in [3.63, 3.8) is 0 Å². The first-order chi connectivity index (χ1) is 11.3. The highest BCUT2D eigenvalue weighted by Crippen LogP contribution is 2.39. The summed E-state index contributed by atoms with van der Waals surface area (Å²) in [6, 6.07) is 0. The van der Waals surface area contributed by atoms with E-state index < -0.39 is 11.7 Å². The smallest absolute Gasteiger partial charge is 0.334 e. The maximum atomic E-state index is 11.9. The van der Waals surface area contributed by atoms with Crippen molar-refractivity contribution in [3.05, 3.63) is 34.9 Å². The lowest BCUT2D eigenvalue weighted by Gasteiger charge is -2.31. The van der Waals surface area contributed by atoms with E-state index in [9.17, 15) is 9.90 Å². The molecule has 1 saturated heterocycles. The van der Waals surface area contributed by atoms with E-state index in [0.29, 0.717) is 6.42 Å². The second-order valence-corrected chi connectivity index (χ2v) is 7.66. The lowest BCUT2D eigenvalue weighted by Crippen LogP contribution is -2.39. The molecule has 0 radical (unpaired) electrons. The molecule has 1 fully saturated rings. The molecule has 0 aromatic carbocycles. The number of carbonyl (C=O) groups excluding carboxylic acids is 1. The lowest BCUT2D eigenvalue weighted by atomic mass is 9.89. The van der Waals surface area contributed by atoms with Gasteiger partial charge in [0.05, 0.1) is 17.8 Å². The van der Waals surface area contributed by atoms with Gasteiger partial charge in [0.2, 0.25) is 0 Å². The summed E-state index contributed by atoms with van der Waals surface area (Å²) in [4.78, 5) is 11.9. The van der Waals surface area contributed by atoms with Gasteiger partial charge in [-0.2, -0.15) is 0 Å². The molecule has 0 aromatic rings. The van der Waals surface area contributed by atoms with Crippen LogP contribution in [0.1, 0.15) is 59.3 Å². The monoisotopic (exact) mass is 332 g/mol. The Hall–Kier alpha value is -1.39. The minimum Gasteiger partial charge on any atom is -0.450 e. The SMILES string of the molecule is C=C1CCC2=C(C)C(=O)O[C@H]2/C=C(\C)CC[C@H](O)[C@@]2(C)CC[C@@H]1O2. The van der Waals surface area contributed by atoms with Crippen molar-refractivity contribution < 1.29 is 19.4 Å². The summed E-state index contributed by atoms with van der Waals surface area (Å²) < 4.78 is 11.7. The first-order valence-corrected chi connectivity index (χ1v) is 8.91. The Morgan fingerprint density at radius 2 is 2.00 bits per heavy atom. The first kappa shape index (κ1) is 17.4. The molecule has 0 aromatic heterocycles. The summed E-state index contributed by atoms with van der Waals surface area (Å²) in [6.07, 6.45) is 5.98. The predicted octanol–water partition coefficient (Wildman–Crippen LogP) is 3.60. The topological polar surface area (TPSA) is 55.8 Å². The van der Waals surface area contributed by atoms with E-state index in [-0.39, 0.29) is 18.2 Å². The Balaban J connectivity index is 1.88. The van der Waals surface area contributed by atoms with Crippen molar-refractivity contribution in [2.24, 2.45) is 0 Å². The van der Waals surface area contributed by atoms with Gasteiger partial charge < -0.3 is 14.6 Å². The molecule has 24 heavy (non-hydrogen) atoms. The van der Waals surface area contributed by atoms with Crippen LogP contribution < -0.4 is 0 Å². The zero-order chi connectivity index (χ0) is 17.5. The van der Waals surface area contributed by atoms with Crippen LogP contribution in [0.25, 0.3) is 0 Å². The van der Waals surface area contributed by atoms with E-state index in [1.165, 1.54) is 0 Å². The number of ether oxygens (including phenoxy) is 2. The molecule has 2 bridgehead atoms. The number of fused-ring (bicyclic) bond motifs is 3. The molecule has 3 aliphatic heterocycles. The zero-order valence-electron chi connectivity index (χ0n) is 14.9. The molecule has 0 unspecified atom stereocenters. The maximum absolute atomic E-state index is 11.9. The van der Waals surface area contributed by atoms with E-state index in [1.807, 2.05) is 26.8 Å². The fourth-order valence-electron chi connectivity index (χ4n) is 3.94. The Bertz CT molecular complexity index is 615.